The van der Waals surface area contributed by atoms with Gasteiger partial charge in [-0.3, -0.25) is 14.9 Å². The van der Waals surface area contributed by atoms with E-state index in [0.29, 0.717) is 18.0 Å². The molecule has 2 heterocycles. The fourth-order valence-corrected chi connectivity index (χ4v) is 2.54. The van der Waals surface area contributed by atoms with Crippen LogP contribution < -0.4 is 15.4 Å². The van der Waals surface area contributed by atoms with Gasteiger partial charge in [0, 0.05) is 19.7 Å². The maximum Gasteiger partial charge on any atom is 0.322 e. The van der Waals surface area contributed by atoms with Crippen LogP contribution in [-0.4, -0.2) is 64.0 Å². The first kappa shape index (κ1) is 19.3. The fourth-order valence-electron chi connectivity index (χ4n) is 2.54. The second-order valence-corrected chi connectivity index (χ2v) is 6.24. The van der Waals surface area contributed by atoms with Crippen LogP contribution in [0.5, 0.6) is 5.75 Å². The number of halogens is 1. The van der Waals surface area contributed by atoms with Crippen molar-refractivity contribution in [1.82, 2.24) is 30.5 Å². The third-order valence-electron chi connectivity index (χ3n) is 4.09. The van der Waals surface area contributed by atoms with Crippen molar-refractivity contribution in [1.29, 1.82) is 0 Å². The average Bonchev–Trinajstić information content (AvgIpc) is 3.22. The lowest BCUT2D eigenvalue weighted by Crippen LogP contribution is -2.33. The molecule has 3 rings (SSSR count). The van der Waals surface area contributed by atoms with E-state index >= 15 is 0 Å². The molecule has 0 saturated carbocycles. The summed E-state index contributed by atoms with van der Waals surface area (Å²) in [7, 11) is 1.63. The minimum atomic E-state index is -0.695. The van der Waals surface area contributed by atoms with Gasteiger partial charge in [0.05, 0.1) is 12.2 Å². The number of nitrogens with zero attached hydrogens (tertiary/aromatic N) is 4. The molecule has 11 heteroatoms. The van der Waals surface area contributed by atoms with Crippen LogP contribution >= 0.6 is 0 Å². The van der Waals surface area contributed by atoms with Crippen LogP contribution in [0.25, 0.3) is 0 Å². The number of carbonyl (C=O) groups excluding carboxylic acids is 3. The third-order valence-corrected chi connectivity index (χ3v) is 4.09. The van der Waals surface area contributed by atoms with E-state index in [-0.39, 0.29) is 31.3 Å². The van der Waals surface area contributed by atoms with Gasteiger partial charge in [-0.05, 0) is 24.3 Å². The molecule has 148 valence electrons. The summed E-state index contributed by atoms with van der Waals surface area (Å²) < 4.78 is 19.7. The van der Waals surface area contributed by atoms with Crippen LogP contribution in [0, 0.1) is 5.82 Å². The Balaban J connectivity index is 1.43. The Bertz CT molecular complexity index is 869. The van der Waals surface area contributed by atoms with Gasteiger partial charge in [0.1, 0.15) is 30.8 Å². The molecule has 4 amide bonds. The zero-order chi connectivity index (χ0) is 20.1. The fraction of sp³-hybridized carbons (Fsp3) is 0.353. The van der Waals surface area contributed by atoms with E-state index in [0.717, 1.165) is 0 Å². The number of benzene rings is 1. The first-order valence-electron chi connectivity index (χ1n) is 8.53. The standard InChI is InChI=1S/C17H19FN6O4/c1-23(6-7-28-13-4-2-11(18)3-5-13)15(25)10-24-9-12(21-22-24)8-14-16(26)20-17(27)19-14/h2-5,9,14H,6-8,10H2,1H3,(H2,19,20,26,27)/t14-/m0/s1. The quantitative estimate of drug-likeness (QED) is 0.598. The van der Waals surface area contributed by atoms with Gasteiger partial charge in [-0.25, -0.2) is 13.9 Å². The summed E-state index contributed by atoms with van der Waals surface area (Å²) in [6.07, 6.45) is 1.74. The highest BCUT2D eigenvalue weighted by Gasteiger charge is 2.30. The van der Waals surface area contributed by atoms with Gasteiger partial charge in [0.2, 0.25) is 5.91 Å². The highest BCUT2D eigenvalue weighted by atomic mass is 19.1. The Kier molecular flexibility index (Phi) is 5.82. The number of nitrogens with one attached hydrogen (secondary N) is 2. The molecule has 10 nitrogen and oxygen atoms in total. The molecule has 0 radical (unpaired) electrons. The van der Waals surface area contributed by atoms with Crippen molar-refractivity contribution >= 4 is 17.8 Å². The van der Waals surface area contributed by atoms with E-state index in [1.807, 2.05) is 0 Å². The van der Waals surface area contributed by atoms with Crippen molar-refractivity contribution in [3.63, 3.8) is 0 Å². The first-order valence-corrected chi connectivity index (χ1v) is 8.53. The summed E-state index contributed by atoms with van der Waals surface area (Å²) in [5.74, 6) is -0.448. The van der Waals surface area contributed by atoms with Gasteiger partial charge in [0.15, 0.2) is 0 Å². The largest absolute Gasteiger partial charge is 0.492 e. The lowest BCUT2D eigenvalue weighted by atomic mass is 10.2. The Morgan fingerprint density at radius 2 is 2.07 bits per heavy atom. The zero-order valence-corrected chi connectivity index (χ0v) is 15.1. The van der Waals surface area contributed by atoms with Gasteiger partial charge in [-0.15, -0.1) is 5.10 Å². The van der Waals surface area contributed by atoms with E-state index in [1.165, 1.54) is 33.8 Å². The lowest BCUT2D eigenvalue weighted by molar-refractivity contribution is -0.131. The van der Waals surface area contributed by atoms with Crippen LogP contribution in [-0.2, 0) is 22.6 Å². The van der Waals surface area contributed by atoms with Crippen LogP contribution in [0.2, 0.25) is 0 Å². The molecule has 1 saturated heterocycles. The summed E-state index contributed by atoms with van der Waals surface area (Å²) in [5.41, 5.74) is 0.484. The smallest absolute Gasteiger partial charge is 0.322 e. The molecule has 1 aliphatic heterocycles. The highest BCUT2D eigenvalue weighted by molar-refractivity contribution is 6.04. The molecule has 1 fully saturated rings. The minimum Gasteiger partial charge on any atom is -0.492 e. The molecule has 1 aromatic heterocycles. The van der Waals surface area contributed by atoms with Crippen molar-refractivity contribution in [2.45, 2.75) is 19.0 Å². The van der Waals surface area contributed by atoms with Crippen molar-refractivity contribution in [2.75, 3.05) is 20.2 Å². The van der Waals surface area contributed by atoms with Gasteiger partial charge < -0.3 is 15.0 Å². The second kappa shape index (κ2) is 8.46. The van der Waals surface area contributed by atoms with Crippen LogP contribution in [0.4, 0.5) is 9.18 Å². The van der Waals surface area contributed by atoms with E-state index in [4.69, 9.17) is 4.74 Å². The molecule has 0 spiro atoms. The number of ether oxygens (including phenoxy) is 1. The van der Waals surface area contributed by atoms with Gasteiger partial charge in [-0.1, -0.05) is 5.21 Å². The second-order valence-electron chi connectivity index (χ2n) is 6.24. The number of imide groups is 1. The Labute approximate surface area is 159 Å². The maximum absolute atomic E-state index is 12.8. The normalized spacial score (nSPS) is 15.9. The van der Waals surface area contributed by atoms with Gasteiger partial charge in [0.25, 0.3) is 5.91 Å². The van der Waals surface area contributed by atoms with Crippen molar-refractivity contribution in [3.8, 4) is 5.75 Å². The minimum absolute atomic E-state index is 0.0245. The first-order chi connectivity index (χ1) is 13.4. The molecule has 2 N–H and O–H groups in total. The average molecular weight is 390 g/mol. The number of carbonyl (C=O) groups is 3. The van der Waals surface area contributed by atoms with Crippen molar-refractivity contribution in [2.24, 2.45) is 0 Å². The topological polar surface area (TPSA) is 118 Å². The number of rotatable bonds is 8. The van der Waals surface area contributed by atoms with E-state index in [2.05, 4.69) is 20.9 Å². The predicted octanol–water partition coefficient (Wildman–Crippen LogP) is -0.295. The highest BCUT2D eigenvalue weighted by Crippen LogP contribution is 2.10. The van der Waals surface area contributed by atoms with Crippen LogP contribution in [0.3, 0.4) is 0 Å². The van der Waals surface area contributed by atoms with Gasteiger partial charge in [-0.2, -0.15) is 0 Å². The molecule has 1 atom stereocenters. The van der Waals surface area contributed by atoms with E-state index < -0.39 is 18.0 Å². The molecule has 2 aromatic rings. The van der Waals surface area contributed by atoms with E-state index in [1.54, 1.807) is 13.2 Å². The van der Waals surface area contributed by atoms with Crippen molar-refractivity contribution < 1.29 is 23.5 Å². The summed E-state index contributed by atoms with van der Waals surface area (Å²) in [4.78, 5) is 36.4. The van der Waals surface area contributed by atoms with Crippen LogP contribution in [0.15, 0.2) is 30.5 Å². The Morgan fingerprint density at radius 3 is 2.75 bits per heavy atom. The number of likely N-dealkylation sites (N-methyl/N-ethyl adjacent to an activating group) is 1. The number of hydrogen-bond acceptors (Lipinski definition) is 6. The predicted molar refractivity (Wildman–Crippen MR) is 93.7 cm³/mol. The molecule has 1 aromatic carbocycles. The monoisotopic (exact) mass is 390 g/mol. The van der Waals surface area contributed by atoms with Crippen LogP contribution in [0.1, 0.15) is 5.69 Å². The molecule has 0 aliphatic carbocycles. The lowest BCUT2D eigenvalue weighted by Gasteiger charge is -2.17. The number of aromatic nitrogens is 3. The van der Waals surface area contributed by atoms with Crippen molar-refractivity contribution in [3.05, 3.63) is 42.0 Å². The zero-order valence-electron chi connectivity index (χ0n) is 15.1. The van der Waals surface area contributed by atoms with Gasteiger partial charge >= 0.3 is 6.03 Å². The Hall–Kier alpha value is -3.50. The molecule has 0 bridgehead atoms. The molecular weight excluding hydrogens is 371 g/mol. The summed E-state index contributed by atoms with van der Waals surface area (Å²) in [6, 6.07) is 4.39. The summed E-state index contributed by atoms with van der Waals surface area (Å²) >= 11 is 0. The number of urea groups is 1. The molecular formula is C17H19FN6O4. The summed E-state index contributed by atoms with van der Waals surface area (Å²) in [5, 5.41) is 12.4. The molecule has 0 unspecified atom stereocenters. The van der Waals surface area contributed by atoms with E-state index in [9.17, 15) is 18.8 Å². The number of amides is 4. The summed E-state index contributed by atoms with van der Waals surface area (Å²) in [6.45, 7) is 0.572. The third kappa shape index (κ3) is 5.02. The SMILES string of the molecule is CN(CCOc1ccc(F)cc1)C(=O)Cn1cc(C[C@@H]2NC(=O)NC2=O)nn1. The Morgan fingerprint density at radius 1 is 1.32 bits per heavy atom. The molecule has 28 heavy (non-hydrogen) atoms. The molecule has 1 aliphatic rings. The number of hydrogen-bond donors (Lipinski definition) is 2. The maximum atomic E-state index is 12.8.